The van der Waals surface area contributed by atoms with Gasteiger partial charge in [-0.15, -0.1) is 0 Å². The summed E-state index contributed by atoms with van der Waals surface area (Å²) in [5.74, 6) is -1.11. The lowest BCUT2D eigenvalue weighted by Gasteiger charge is -2.20. The molecule has 0 fully saturated rings. The van der Waals surface area contributed by atoms with Crippen LogP contribution in [0.3, 0.4) is 0 Å². The molecule has 0 aromatic heterocycles. The SMILES string of the molecule is CCCCC[C@@H]1N=C(OC)C[C@H]1C(F)(F)F. The Labute approximate surface area is 93.9 Å². The standard InChI is InChI=1S/C11H18F3NO/c1-3-4-5-6-9-8(11(12,13)14)7-10(15-9)16-2/h8-9H,3-7H2,1-2H3/t8-,9+/m1/s1. The van der Waals surface area contributed by atoms with Gasteiger partial charge in [-0.1, -0.05) is 26.2 Å². The number of aliphatic imine (C=N–C) groups is 1. The van der Waals surface area contributed by atoms with Crippen molar-refractivity contribution in [3.05, 3.63) is 0 Å². The third-order valence-corrected chi connectivity index (χ3v) is 2.93. The van der Waals surface area contributed by atoms with Crippen LogP contribution >= 0.6 is 0 Å². The zero-order valence-electron chi connectivity index (χ0n) is 9.68. The van der Waals surface area contributed by atoms with Gasteiger partial charge >= 0.3 is 6.18 Å². The predicted octanol–water partition coefficient (Wildman–Crippen LogP) is 3.56. The van der Waals surface area contributed by atoms with Crippen molar-refractivity contribution in [2.75, 3.05) is 7.11 Å². The molecule has 2 nitrogen and oxygen atoms in total. The minimum Gasteiger partial charge on any atom is -0.484 e. The fraction of sp³-hybridized carbons (Fsp3) is 0.909. The Hall–Kier alpha value is -0.740. The maximum Gasteiger partial charge on any atom is 0.394 e. The molecule has 0 saturated carbocycles. The topological polar surface area (TPSA) is 21.6 Å². The number of halogens is 3. The van der Waals surface area contributed by atoms with Crippen LogP contribution in [0.4, 0.5) is 13.2 Å². The van der Waals surface area contributed by atoms with Crippen molar-refractivity contribution < 1.29 is 17.9 Å². The number of methoxy groups -OCH3 is 1. The first-order chi connectivity index (χ1) is 7.49. The van der Waals surface area contributed by atoms with Crippen LogP contribution in [0.5, 0.6) is 0 Å². The Balaban J connectivity index is 2.57. The molecule has 1 rings (SSSR count). The fourth-order valence-corrected chi connectivity index (χ4v) is 1.99. The highest BCUT2D eigenvalue weighted by Crippen LogP contribution is 2.38. The Morgan fingerprint density at radius 2 is 2.06 bits per heavy atom. The summed E-state index contributed by atoms with van der Waals surface area (Å²) in [5.41, 5.74) is 0. The summed E-state index contributed by atoms with van der Waals surface area (Å²) in [7, 11) is 1.38. The van der Waals surface area contributed by atoms with Crippen LogP contribution in [0.2, 0.25) is 0 Å². The van der Waals surface area contributed by atoms with Gasteiger partial charge in [0.15, 0.2) is 5.90 Å². The summed E-state index contributed by atoms with van der Waals surface area (Å²) >= 11 is 0. The Morgan fingerprint density at radius 3 is 2.56 bits per heavy atom. The second-order valence-electron chi connectivity index (χ2n) is 4.14. The minimum absolute atomic E-state index is 0.100. The van der Waals surface area contributed by atoms with Gasteiger partial charge in [0.2, 0.25) is 0 Å². The van der Waals surface area contributed by atoms with Crippen LogP contribution in [0, 0.1) is 5.92 Å². The molecule has 2 atom stereocenters. The van der Waals surface area contributed by atoms with Crippen LogP contribution in [0.1, 0.15) is 39.0 Å². The molecule has 5 heteroatoms. The van der Waals surface area contributed by atoms with Gasteiger partial charge < -0.3 is 4.74 Å². The maximum atomic E-state index is 12.7. The molecule has 16 heavy (non-hydrogen) atoms. The average Bonchev–Trinajstić information content (AvgIpc) is 2.61. The van der Waals surface area contributed by atoms with E-state index < -0.39 is 18.1 Å². The number of nitrogens with zero attached hydrogens (tertiary/aromatic N) is 1. The molecule has 1 heterocycles. The fourth-order valence-electron chi connectivity index (χ4n) is 1.99. The zero-order chi connectivity index (χ0) is 12.2. The first-order valence-corrected chi connectivity index (χ1v) is 5.66. The molecule has 0 saturated heterocycles. The van der Waals surface area contributed by atoms with E-state index in [2.05, 4.69) is 4.99 Å². The molecule has 1 aliphatic rings. The van der Waals surface area contributed by atoms with Gasteiger partial charge in [0.1, 0.15) is 0 Å². The van der Waals surface area contributed by atoms with Gasteiger partial charge in [0.25, 0.3) is 0 Å². The van der Waals surface area contributed by atoms with E-state index in [0.717, 1.165) is 19.3 Å². The van der Waals surface area contributed by atoms with Crippen LogP contribution in [-0.4, -0.2) is 25.2 Å². The molecule has 0 aromatic carbocycles. The monoisotopic (exact) mass is 237 g/mol. The average molecular weight is 237 g/mol. The van der Waals surface area contributed by atoms with Crippen LogP contribution in [-0.2, 0) is 4.74 Å². The highest BCUT2D eigenvalue weighted by Gasteiger charge is 2.48. The van der Waals surface area contributed by atoms with E-state index >= 15 is 0 Å². The lowest BCUT2D eigenvalue weighted by Crippen LogP contribution is -2.30. The molecule has 0 radical (unpaired) electrons. The molecule has 0 aromatic rings. The minimum atomic E-state index is -4.17. The molecule has 94 valence electrons. The van der Waals surface area contributed by atoms with E-state index in [-0.39, 0.29) is 12.3 Å². The number of hydrogen-bond acceptors (Lipinski definition) is 2. The summed E-state index contributed by atoms with van der Waals surface area (Å²) in [6.45, 7) is 2.03. The Kier molecular flexibility index (Phi) is 4.62. The van der Waals surface area contributed by atoms with Gasteiger partial charge in [-0.05, 0) is 6.42 Å². The second kappa shape index (κ2) is 5.55. The van der Waals surface area contributed by atoms with Crippen molar-refractivity contribution in [2.24, 2.45) is 10.9 Å². The molecule has 0 N–H and O–H groups in total. The molecular weight excluding hydrogens is 219 g/mol. The summed E-state index contributed by atoms with van der Waals surface area (Å²) in [5, 5.41) is 0. The number of alkyl halides is 3. The molecule has 1 aliphatic heterocycles. The van der Waals surface area contributed by atoms with Crippen molar-refractivity contribution in [1.29, 1.82) is 0 Å². The molecule has 0 unspecified atom stereocenters. The summed E-state index contributed by atoms with van der Waals surface area (Å²) in [6, 6.07) is -0.638. The third kappa shape index (κ3) is 3.39. The quantitative estimate of drug-likeness (QED) is 0.685. The van der Waals surface area contributed by atoms with E-state index in [1.54, 1.807) is 0 Å². The van der Waals surface area contributed by atoms with Gasteiger partial charge in [0, 0.05) is 6.42 Å². The smallest absolute Gasteiger partial charge is 0.394 e. The van der Waals surface area contributed by atoms with Crippen LogP contribution < -0.4 is 0 Å². The van der Waals surface area contributed by atoms with Gasteiger partial charge in [-0.25, -0.2) is 0 Å². The number of ether oxygens (including phenoxy) is 1. The highest BCUT2D eigenvalue weighted by molar-refractivity contribution is 5.78. The number of hydrogen-bond donors (Lipinski definition) is 0. The van der Waals surface area contributed by atoms with E-state index in [4.69, 9.17) is 4.74 Å². The zero-order valence-corrected chi connectivity index (χ0v) is 9.68. The van der Waals surface area contributed by atoms with Crippen molar-refractivity contribution in [1.82, 2.24) is 0 Å². The van der Waals surface area contributed by atoms with Crippen molar-refractivity contribution in [3.63, 3.8) is 0 Å². The third-order valence-electron chi connectivity index (χ3n) is 2.93. The normalized spacial score (nSPS) is 25.7. The summed E-state index contributed by atoms with van der Waals surface area (Å²) < 4.78 is 42.9. The second-order valence-corrected chi connectivity index (χ2v) is 4.14. The van der Waals surface area contributed by atoms with Crippen molar-refractivity contribution in [2.45, 2.75) is 51.2 Å². The molecular formula is C11H18F3NO. The lowest BCUT2D eigenvalue weighted by atomic mass is 9.94. The van der Waals surface area contributed by atoms with Crippen LogP contribution in [0.25, 0.3) is 0 Å². The van der Waals surface area contributed by atoms with Gasteiger partial charge in [-0.2, -0.15) is 13.2 Å². The predicted molar refractivity (Wildman–Crippen MR) is 56.5 cm³/mol. The molecule has 0 spiro atoms. The van der Waals surface area contributed by atoms with Crippen molar-refractivity contribution in [3.8, 4) is 0 Å². The lowest BCUT2D eigenvalue weighted by molar-refractivity contribution is -0.176. The van der Waals surface area contributed by atoms with Crippen LogP contribution in [0.15, 0.2) is 4.99 Å². The highest BCUT2D eigenvalue weighted by atomic mass is 19.4. The van der Waals surface area contributed by atoms with Gasteiger partial charge in [-0.3, -0.25) is 4.99 Å². The Morgan fingerprint density at radius 1 is 1.38 bits per heavy atom. The largest absolute Gasteiger partial charge is 0.484 e. The van der Waals surface area contributed by atoms with Crippen molar-refractivity contribution >= 4 is 5.90 Å². The maximum absolute atomic E-state index is 12.7. The van der Waals surface area contributed by atoms with E-state index in [0.29, 0.717) is 6.42 Å². The summed E-state index contributed by atoms with van der Waals surface area (Å²) in [4.78, 5) is 4.00. The first-order valence-electron chi connectivity index (χ1n) is 5.66. The van der Waals surface area contributed by atoms with E-state index in [1.807, 2.05) is 6.92 Å². The molecule has 0 aliphatic carbocycles. The summed E-state index contributed by atoms with van der Waals surface area (Å²) in [6.07, 6.45) is -1.00. The molecule has 0 bridgehead atoms. The van der Waals surface area contributed by atoms with E-state index in [1.165, 1.54) is 7.11 Å². The number of unbranched alkanes of at least 4 members (excludes halogenated alkanes) is 2. The van der Waals surface area contributed by atoms with E-state index in [9.17, 15) is 13.2 Å². The first kappa shape index (κ1) is 13.3. The Bertz CT molecular complexity index is 250. The molecule has 0 amide bonds. The number of rotatable bonds is 4. The van der Waals surface area contributed by atoms with Gasteiger partial charge in [0.05, 0.1) is 19.1 Å².